The molecule has 3 N–H and O–H groups in total. The fraction of sp³-hybridized carbons (Fsp3) is 0.750. The molecule has 1 saturated heterocycles. The van der Waals surface area contributed by atoms with Gasteiger partial charge in [-0.1, -0.05) is 13.8 Å². The number of nitrogens with zero attached hydrogens (tertiary/aromatic N) is 1. The number of esters is 1. The van der Waals surface area contributed by atoms with Crippen molar-refractivity contribution in [1.29, 1.82) is 0 Å². The highest BCUT2D eigenvalue weighted by molar-refractivity contribution is 8.93. The molecule has 25 heavy (non-hydrogen) atoms. The predicted molar refractivity (Wildman–Crippen MR) is 97.1 cm³/mol. The Labute approximate surface area is 158 Å². The van der Waals surface area contributed by atoms with Crippen molar-refractivity contribution in [2.45, 2.75) is 58.7 Å². The Kier molecular flexibility index (Phi) is 9.88. The monoisotopic (exact) mass is 421 g/mol. The predicted octanol–water partition coefficient (Wildman–Crippen LogP) is 0.176. The SMILES string of the molecule is Br.CC(=O)OCC(=O)[C@@H]1CCCN1C(=O)[C@@H](NC(=O)[C@H](C)N)C(C)C. The van der Waals surface area contributed by atoms with Gasteiger partial charge in [0.1, 0.15) is 6.04 Å². The van der Waals surface area contributed by atoms with Gasteiger partial charge in [-0.05, 0) is 25.7 Å². The second-order valence-electron chi connectivity index (χ2n) is 6.46. The number of amides is 2. The maximum atomic E-state index is 12.8. The molecule has 1 fully saturated rings. The number of hydrogen-bond donors (Lipinski definition) is 2. The summed E-state index contributed by atoms with van der Waals surface area (Å²) in [5.41, 5.74) is 5.54. The average Bonchev–Trinajstić information content (AvgIpc) is 2.98. The molecule has 1 heterocycles. The van der Waals surface area contributed by atoms with Crippen molar-refractivity contribution >= 4 is 40.5 Å². The van der Waals surface area contributed by atoms with Crippen LogP contribution in [0.2, 0.25) is 0 Å². The van der Waals surface area contributed by atoms with Gasteiger partial charge in [-0.2, -0.15) is 0 Å². The Balaban J connectivity index is 0.00000576. The minimum absolute atomic E-state index is 0. The summed E-state index contributed by atoms with van der Waals surface area (Å²) in [6.07, 6.45) is 1.21. The van der Waals surface area contributed by atoms with Gasteiger partial charge in [0.2, 0.25) is 11.8 Å². The summed E-state index contributed by atoms with van der Waals surface area (Å²) in [6, 6.07) is -2.09. The molecule has 1 aliphatic heterocycles. The van der Waals surface area contributed by atoms with Crippen LogP contribution in [0.4, 0.5) is 0 Å². The molecule has 0 aromatic heterocycles. The number of likely N-dealkylation sites (tertiary alicyclic amines) is 1. The van der Waals surface area contributed by atoms with Crippen LogP contribution in [-0.2, 0) is 23.9 Å². The summed E-state index contributed by atoms with van der Waals surface area (Å²) >= 11 is 0. The summed E-state index contributed by atoms with van der Waals surface area (Å²) in [4.78, 5) is 49.2. The number of hydrogen-bond acceptors (Lipinski definition) is 6. The third kappa shape index (κ3) is 6.74. The van der Waals surface area contributed by atoms with E-state index in [2.05, 4.69) is 5.32 Å². The molecule has 0 aromatic rings. The van der Waals surface area contributed by atoms with Crippen LogP contribution in [0.3, 0.4) is 0 Å². The second-order valence-corrected chi connectivity index (χ2v) is 6.46. The molecule has 0 unspecified atom stereocenters. The van der Waals surface area contributed by atoms with Crippen molar-refractivity contribution in [3.63, 3.8) is 0 Å². The first-order valence-corrected chi connectivity index (χ1v) is 8.17. The molecule has 1 rings (SSSR count). The molecular formula is C16H28BrN3O5. The molecule has 0 saturated carbocycles. The fourth-order valence-corrected chi connectivity index (χ4v) is 2.61. The van der Waals surface area contributed by atoms with Crippen molar-refractivity contribution in [2.75, 3.05) is 13.2 Å². The highest BCUT2D eigenvalue weighted by Crippen LogP contribution is 2.21. The number of carbonyl (C=O) groups excluding carboxylic acids is 4. The smallest absolute Gasteiger partial charge is 0.303 e. The minimum Gasteiger partial charge on any atom is -0.458 e. The quantitative estimate of drug-likeness (QED) is 0.565. The fourth-order valence-electron chi connectivity index (χ4n) is 2.61. The summed E-state index contributed by atoms with van der Waals surface area (Å²) in [5, 5.41) is 2.65. The Bertz CT molecular complexity index is 510. The summed E-state index contributed by atoms with van der Waals surface area (Å²) in [7, 11) is 0. The summed E-state index contributed by atoms with van der Waals surface area (Å²) in [5.74, 6) is -1.72. The number of ketones is 1. The van der Waals surface area contributed by atoms with Gasteiger partial charge in [-0.15, -0.1) is 17.0 Å². The zero-order valence-electron chi connectivity index (χ0n) is 15.1. The van der Waals surface area contributed by atoms with Crippen LogP contribution in [0.1, 0.15) is 40.5 Å². The minimum atomic E-state index is -0.745. The first-order valence-electron chi connectivity index (χ1n) is 8.17. The Morgan fingerprint density at radius 1 is 1.24 bits per heavy atom. The van der Waals surface area contributed by atoms with Crippen LogP contribution in [0.25, 0.3) is 0 Å². The highest BCUT2D eigenvalue weighted by Gasteiger charge is 2.38. The molecule has 0 aliphatic carbocycles. The van der Waals surface area contributed by atoms with Crippen molar-refractivity contribution in [1.82, 2.24) is 10.2 Å². The van der Waals surface area contributed by atoms with E-state index in [4.69, 9.17) is 10.5 Å². The number of carbonyl (C=O) groups is 4. The molecule has 2 amide bonds. The van der Waals surface area contributed by atoms with E-state index in [0.29, 0.717) is 19.4 Å². The van der Waals surface area contributed by atoms with E-state index in [1.165, 1.54) is 11.8 Å². The lowest BCUT2D eigenvalue weighted by molar-refractivity contribution is -0.149. The molecule has 0 aromatic carbocycles. The number of rotatable bonds is 7. The van der Waals surface area contributed by atoms with Gasteiger partial charge in [-0.3, -0.25) is 19.2 Å². The van der Waals surface area contributed by atoms with Gasteiger partial charge in [-0.25, -0.2) is 0 Å². The maximum absolute atomic E-state index is 12.8. The van der Waals surface area contributed by atoms with Gasteiger partial charge >= 0.3 is 5.97 Å². The molecule has 0 spiro atoms. The zero-order chi connectivity index (χ0) is 18.4. The Morgan fingerprint density at radius 3 is 2.32 bits per heavy atom. The van der Waals surface area contributed by atoms with Gasteiger partial charge < -0.3 is 20.7 Å². The Hall–Kier alpha value is -1.48. The van der Waals surface area contributed by atoms with Gasteiger partial charge in [0, 0.05) is 13.5 Å². The van der Waals surface area contributed by atoms with Crippen molar-refractivity contribution in [3.05, 3.63) is 0 Å². The second kappa shape index (κ2) is 10.5. The molecule has 0 bridgehead atoms. The first-order chi connectivity index (χ1) is 11.1. The van der Waals surface area contributed by atoms with Crippen LogP contribution < -0.4 is 11.1 Å². The Morgan fingerprint density at radius 2 is 1.84 bits per heavy atom. The number of halogens is 1. The van der Waals surface area contributed by atoms with E-state index in [-0.39, 0.29) is 41.2 Å². The van der Waals surface area contributed by atoms with Crippen molar-refractivity contribution in [2.24, 2.45) is 11.7 Å². The lowest BCUT2D eigenvalue weighted by Crippen LogP contribution is -2.56. The molecule has 8 nitrogen and oxygen atoms in total. The lowest BCUT2D eigenvalue weighted by Gasteiger charge is -2.30. The van der Waals surface area contributed by atoms with Crippen LogP contribution in [0.5, 0.6) is 0 Å². The molecule has 144 valence electrons. The third-order valence-corrected chi connectivity index (χ3v) is 3.97. The molecule has 0 radical (unpaired) electrons. The van der Waals surface area contributed by atoms with Crippen LogP contribution in [0.15, 0.2) is 0 Å². The summed E-state index contributed by atoms with van der Waals surface area (Å²) in [6.45, 7) is 6.49. The third-order valence-electron chi connectivity index (χ3n) is 3.97. The van der Waals surface area contributed by atoms with Gasteiger partial charge in [0.05, 0.1) is 12.1 Å². The van der Waals surface area contributed by atoms with E-state index in [0.717, 1.165) is 0 Å². The van der Waals surface area contributed by atoms with Crippen molar-refractivity contribution < 1.29 is 23.9 Å². The van der Waals surface area contributed by atoms with E-state index < -0.39 is 30.0 Å². The first kappa shape index (κ1) is 23.5. The van der Waals surface area contributed by atoms with E-state index in [9.17, 15) is 19.2 Å². The van der Waals surface area contributed by atoms with Crippen LogP contribution in [-0.4, -0.2) is 59.7 Å². The lowest BCUT2D eigenvalue weighted by atomic mass is 10.0. The number of Topliss-reactive ketones (excluding diaryl/α,β-unsaturated/α-hetero) is 1. The van der Waals surface area contributed by atoms with Crippen LogP contribution in [0, 0.1) is 5.92 Å². The van der Waals surface area contributed by atoms with Gasteiger partial charge in [0.25, 0.3) is 0 Å². The number of ether oxygens (including phenoxy) is 1. The van der Waals surface area contributed by atoms with Crippen LogP contribution >= 0.6 is 17.0 Å². The van der Waals surface area contributed by atoms with E-state index in [1.807, 2.05) is 13.8 Å². The van der Waals surface area contributed by atoms with Gasteiger partial charge in [0.15, 0.2) is 12.4 Å². The largest absolute Gasteiger partial charge is 0.458 e. The topological polar surface area (TPSA) is 119 Å². The number of nitrogens with two attached hydrogens (primary N) is 1. The van der Waals surface area contributed by atoms with E-state index >= 15 is 0 Å². The molecule has 1 aliphatic rings. The maximum Gasteiger partial charge on any atom is 0.303 e. The average molecular weight is 422 g/mol. The number of nitrogens with one attached hydrogen (secondary N) is 1. The summed E-state index contributed by atoms with van der Waals surface area (Å²) < 4.78 is 4.74. The normalized spacial score (nSPS) is 19.0. The zero-order valence-corrected chi connectivity index (χ0v) is 16.8. The standard InChI is InChI=1S/C16H27N3O5.BrH/c1-9(2)14(18-15(22)10(3)17)16(23)19-7-5-6-12(19)13(21)8-24-11(4)20;/h9-10,12,14H,5-8,17H2,1-4H3,(H,18,22);1H/t10-,12-,14-;/m0./s1. The molecular weight excluding hydrogens is 394 g/mol. The molecule has 3 atom stereocenters. The highest BCUT2D eigenvalue weighted by atomic mass is 79.9. The molecule has 9 heteroatoms. The van der Waals surface area contributed by atoms with E-state index in [1.54, 1.807) is 6.92 Å². The van der Waals surface area contributed by atoms with Crippen molar-refractivity contribution in [3.8, 4) is 0 Å².